The average molecular weight is 334 g/mol. The SMILES string of the molecule is Cc1cccc(-n2ncc3c2CCC[C@@H]3NC(=O)c2ccc[nH]2)c1C. The van der Waals surface area contributed by atoms with Gasteiger partial charge in [0.05, 0.1) is 17.9 Å². The molecule has 0 bridgehead atoms. The van der Waals surface area contributed by atoms with E-state index in [0.29, 0.717) is 5.69 Å². The number of rotatable bonds is 3. The highest BCUT2D eigenvalue weighted by atomic mass is 16.1. The van der Waals surface area contributed by atoms with Crippen LogP contribution < -0.4 is 5.32 Å². The second kappa shape index (κ2) is 6.24. The molecule has 3 aromatic rings. The van der Waals surface area contributed by atoms with E-state index in [0.717, 1.165) is 30.5 Å². The van der Waals surface area contributed by atoms with Crippen LogP contribution in [-0.2, 0) is 6.42 Å². The number of nitrogens with zero attached hydrogens (tertiary/aromatic N) is 2. The van der Waals surface area contributed by atoms with E-state index in [1.165, 1.54) is 16.8 Å². The molecular weight excluding hydrogens is 312 g/mol. The molecule has 25 heavy (non-hydrogen) atoms. The molecule has 4 rings (SSSR count). The minimum atomic E-state index is -0.0673. The van der Waals surface area contributed by atoms with Crippen LogP contribution in [0.15, 0.2) is 42.7 Å². The van der Waals surface area contributed by atoms with E-state index in [-0.39, 0.29) is 11.9 Å². The van der Waals surface area contributed by atoms with Crippen molar-refractivity contribution in [1.29, 1.82) is 0 Å². The Bertz CT molecular complexity index is 908. The maximum atomic E-state index is 12.4. The summed E-state index contributed by atoms with van der Waals surface area (Å²) < 4.78 is 2.05. The summed E-state index contributed by atoms with van der Waals surface area (Å²) in [6.45, 7) is 4.25. The molecule has 0 saturated heterocycles. The third-order valence-electron chi connectivity index (χ3n) is 5.14. The van der Waals surface area contributed by atoms with E-state index >= 15 is 0 Å². The summed E-state index contributed by atoms with van der Waals surface area (Å²) in [7, 11) is 0. The lowest BCUT2D eigenvalue weighted by atomic mass is 9.92. The van der Waals surface area contributed by atoms with E-state index in [2.05, 4.69) is 47.4 Å². The van der Waals surface area contributed by atoms with Gasteiger partial charge >= 0.3 is 0 Å². The molecule has 2 N–H and O–H groups in total. The van der Waals surface area contributed by atoms with Gasteiger partial charge in [0, 0.05) is 17.5 Å². The summed E-state index contributed by atoms with van der Waals surface area (Å²) in [5.74, 6) is -0.0673. The van der Waals surface area contributed by atoms with Crippen molar-refractivity contribution in [3.05, 3.63) is 70.8 Å². The molecule has 1 aliphatic rings. The van der Waals surface area contributed by atoms with Gasteiger partial charge in [-0.15, -0.1) is 0 Å². The Hall–Kier alpha value is -2.82. The standard InChI is InChI=1S/C20H22N4O/c1-13-6-3-9-18(14(13)2)24-19-10-4-7-16(15(19)12-22-24)23-20(25)17-8-5-11-21-17/h3,5-6,8-9,11-12,16,21H,4,7,10H2,1-2H3,(H,23,25)/t16-/m0/s1. The number of nitrogens with one attached hydrogen (secondary N) is 2. The second-order valence-electron chi connectivity index (χ2n) is 6.68. The van der Waals surface area contributed by atoms with Crippen LogP contribution in [0.5, 0.6) is 0 Å². The van der Waals surface area contributed by atoms with Gasteiger partial charge in [-0.05, 0) is 62.4 Å². The van der Waals surface area contributed by atoms with Crippen LogP contribution in [0.2, 0.25) is 0 Å². The summed E-state index contributed by atoms with van der Waals surface area (Å²) in [5, 5.41) is 7.79. The molecule has 0 fully saturated rings. The lowest BCUT2D eigenvalue weighted by molar-refractivity contribution is 0.0928. The van der Waals surface area contributed by atoms with Crippen molar-refractivity contribution < 1.29 is 4.79 Å². The van der Waals surface area contributed by atoms with E-state index in [1.54, 1.807) is 12.3 Å². The summed E-state index contributed by atoms with van der Waals surface area (Å²) in [6.07, 6.45) is 6.64. The van der Waals surface area contributed by atoms with Crippen LogP contribution in [0.3, 0.4) is 0 Å². The van der Waals surface area contributed by atoms with Gasteiger partial charge in [-0.1, -0.05) is 12.1 Å². The number of aromatic nitrogens is 3. The van der Waals surface area contributed by atoms with Gasteiger partial charge in [0.1, 0.15) is 5.69 Å². The number of aromatic amines is 1. The zero-order valence-electron chi connectivity index (χ0n) is 14.5. The number of amides is 1. The quantitative estimate of drug-likeness (QED) is 0.768. The van der Waals surface area contributed by atoms with E-state index in [1.807, 2.05) is 16.9 Å². The normalized spacial score (nSPS) is 16.5. The first-order valence-corrected chi connectivity index (χ1v) is 8.73. The molecule has 0 aliphatic heterocycles. The second-order valence-corrected chi connectivity index (χ2v) is 6.68. The fourth-order valence-electron chi connectivity index (χ4n) is 3.59. The van der Waals surface area contributed by atoms with Gasteiger partial charge in [-0.2, -0.15) is 5.10 Å². The van der Waals surface area contributed by atoms with Crippen LogP contribution in [0.1, 0.15) is 51.8 Å². The zero-order valence-corrected chi connectivity index (χ0v) is 14.5. The summed E-state index contributed by atoms with van der Waals surface area (Å²) >= 11 is 0. The number of hydrogen-bond donors (Lipinski definition) is 2. The molecule has 0 spiro atoms. The Labute approximate surface area is 147 Å². The van der Waals surface area contributed by atoms with Crippen molar-refractivity contribution >= 4 is 5.91 Å². The van der Waals surface area contributed by atoms with Gasteiger partial charge in [-0.3, -0.25) is 4.79 Å². The summed E-state index contributed by atoms with van der Waals surface area (Å²) in [4.78, 5) is 15.4. The minimum Gasteiger partial charge on any atom is -0.357 e. The highest BCUT2D eigenvalue weighted by Crippen LogP contribution is 2.32. The largest absolute Gasteiger partial charge is 0.357 e. The maximum absolute atomic E-state index is 12.4. The Morgan fingerprint density at radius 3 is 2.96 bits per heavy atom. The number of hydrogen-bond acceptors (Lipinski definition) is 2. The highest BCUT2D eigenvalue weighted by molar-refractivity contribution is 5.92. The van der Waals surface area contributed by atoms with Crippen LogP contribution in [-0.4, -0.2) is 20.7 Å². The van der Waals surface area contributed by atoms with Gasteiger partial charge in [0.25, 0.3) is 5.91 Å². The monoisotopic (exact) mass is 334 g/mol. The van der Waals surface area contributed by atoms with Crippen molar-refractivity contribution in [3.8, 4) is 5.69 Å². The average Bonchev–Trinajstić information content (AvgIpc) is 3.27. The zero-order chi connectivity index (χ0) is 17.4. The van der Waals surface area contributed by atoms with Gasteiger partial charge in [0.15, 0.2) is 0 Å². The Morgan fingerprint density at radius 2 is 2.16 bits per heavy atom. The number of carbonyl (C=O) groups is 1. The molecule has 2 aromatic heterocycles. The fraction of sp³-hybridized carbons (Fsp3) is 0.300. The number of H-pyrrole nitrogens is 1. The molecule has 5 nitrogen and oxygen atoms in total. The Balaban J connectivity index is 1.66. The molecule has 1 atom stereocenters. The molecular formula is C20H22N4O. The van der Waals surface area contributed by atoms with Crippen molar-refractivity contribution in [2.45, 2.75) is 39.2 Å². The summed E-state index contributed by atoms with van der Waals surface area (Å²) in [6, 6.07) is 9.93. The number of benzene rings is 1. The van der Waals surface area contributed by atoms with Crippen LogP contribution >= 0.6 is 0 Å². The maximum Gasteiger partial charge on any atom is 0.268 e. The summed E-state index contributed by atoms with van der Waals surface area (Å²) in [5.41, 5.74) is 6.55. The van der Waals surface area contributed by atoms with Gasteiger partial charge in [-0.25, -0.2) is 4.68 Å². The first-order valence-electron chi connectivity index (χ1n) is 8.73. The lowest BCUT2D eigenvalue weighted by Gasteiger charge is -2.24. The molecule has 1 aliphatic carbocycles. The van der Waals surface area contributed by atoms with Gasteiger partial charge in [0.2, 0.25) is 0 Å². The lowest BCUT2D eigenvalue weighted by Crippen LogP contribution is -2.31. The highest BCUT2D eigenvalue weighted by Gasteiger charge is 2.27. The number of fused-ring (bicyclic) bond motifs is 1. The van der Waals surface area contributed by atoms with E-state index in [9.17, 15) is 4.79 Å². The minimum absolute atomic E-state index is 0.0124. The molecule has 0 radical (unpaired) electrons. The molecule has 128 valence electrons. The van der Waals surface area contributed by atoms with Crippen molar-refractivity contribution in [2.75, 3.05) is 0 Å². The third-order valence-corrected chi connectivity index (χ3v) is 5.14. The van der Waals surface area contributed by atoms with Crippen molar-refractivity contribution in [1.82, 2.24) is 20.1 Å². The molecule has 1 amide bonds. The molecule has 5 heteroatoms. The first kappa shape index (κ1) is 15.7. The molecule has 2 heterocycles. The Morgan fingerprint density at radius 1 is 1.28 bits per heavy atom. The molecule has 1 aromatic carbocycles. The van der Waals surface area contributed by atoms with E-state index < -0.39 is 0 Å². The fourth-order valence-corrected chi connectivity index (χ4v) is 3.59. The van der Waals surface area contributed by atoms with Crippen molar-refractivity contribution in [3.63, 3.8) is 0 Å². The first-order chi connectivity index (χ1) is 12.1. The topological polar surface area (TPSA) is 62.7 Å². The van der Waals surface area contributed by atoms with Gasteiger partial charge < -0.3 is 10.3 Å². The van der Waals surface area contributed by atoms with Crippen LogP contribution in [0, 0.1) is 13.8 Å². The predicted molar refractivity (Wildman–Crippen MR) is 97.0 cm³/mol. The smallest absolute Gasteiger partial charge is 0.268 e. The number of carbonyl (C=O) groups excluding carboxylic acids is 1. The van der Waals surface area contributed by atoms with Crippen LogP contribution in [0.25, 0.3) is 5.69 Å². The molecule has 0 saturated carbocycles. The van der Waals surface area contributed by atoms with Crippen molar-refractivity contribution in [2.24, 2.45) is 0 Å². The number of aryl methyl sites for hydroxylation is 1. The Kier molecular flexibility index (Phi) is 3.92. The molecule has 0 unspecified atom stereocenters. The van der Waals surface area contributed by atoms with Crippen LogP contribution in [0.4, 0.5) is 0 Å². The van der Waals surface area contributed by atoms with E-state index in [4.69, 9.17) is 0 Å². The predicted octanol–water partition coefficient (Wildman–Crippen LogP) is 3.62. The third kappa shape index (κ3) is 2.76.